The van der Waals surface area contributed by atoms with Crippen molar-refractivity contribution in [1.82, 2.24) is 20.4 Å². The van der Waals surface area contributed by atoms with Crippen LogP contribution in [0.3, 0.4) is 0 Å². The van der Waals surface area contributed by atoms with Crippen LogP contribution >= 0.6 is 0 Å². The quantitative estimate of drug-likeness (QED) is 0.412. The van der Waals surface area contributed by atoms with E-state index >= 15 is 0 Å². The Labute approximate surface area is 205 Å². The van der Waals surface area contributed by atoms with Crippen molar-refractivity contribution in [2.24, 2.45) is 5.92 Å². The number of piperidine rings is 1. The first-order valence-corrected chi connectivity index (χ1v) is 12.3. The second kappa shape index (κ2) is 10.3. The summed E-state index contributed by atoms with van der Waals surface area (Å²) in [6.07, 6.45) is 4.99. The van der Waals surface area contributed by atoms with Crippen molar-refractivity contribution in [3.8, 4) is 11.3 Å². The van der Waals surface area contributed by atoms with Gasteiger partial charge in [0.1, 0.15) is 23.2 Å². The van der Waals surface area contributed by atoms with Crippen molar-refractivity contribution in [3.63, 3.8) is 0 Å². The molecule has 0 bridgehead atoms. The second-order valence-electron chi connectivity index (χ2n) is 9.47. The molecule has 4 aromatic rings. The number of nitrogens with one attached hydrogen (secondary N) is 1. The molecular formula is C28H31N5O2. The average molecular weight is 470 g/mol. The highest BCUT2D eigenvalue weighted by Gasteiger charge is 2.28. The lowest BCUT2D eigenvalue weighted by molar-refractivity contribution is -0.126. The molecule has 2 aromatic heterocycles. The molecule has 5 rings (SSSR count). The maximum absolute atomic E-state index is 12.9. The van der Waals surface area contributed by atoms with Crippen LogP contribution in [-0.4, -0.2) is 40.2 Å². The van der Waals surface area contributed by atoms with Gasteiger partial charge in [0, 0.05) is 30.6 Å². The van der Waals surface area contributed by atoms with E-state index in [0.717, 1.165) is 61.2 Å². The summed E-state index contributed by atoms with van der Waals surface area (Å²) in [6, 6.07) is 18.8. The van der Waals surface area contributed by atoms with E-state index < -0.39 is 0 Å². The maximum Gasteiger partial charge on any atom is 0.263 e. The molecule has 1 amide bonds. The van der Waals surface area contributed by atoms with Gasteiger partial charge >= 0.3 is 0 Å². The lowest BCUT2D eigenvalue weighted by Crippen LogP contribution is -2.43. The lowest BCUT2D eigenvalue weighted by atomic mass is 9.95. The molecule has 1 saturated heterocycles. The van der Waals surface area contributed by atoms with Crippen molar-refractivity contribution < 1.29 is 9.32 Å². The molecular weight excluding hydrogens is 438 g/mol. The number of aromatic nitrogens is 3. The van der Waals surface area contributed by atoms with Crippen LogP contribution in [0.15, 0.2) is 65.4 Å². The van der Waals surface area contributed by atoms with E-state index in [1.54, 1.807) is 0 Å². The lowest BCUT2D eigenvalue weighted by Gasteiger charge is -2.32. The minimum atomic E-state index is 0.0156. The number of aryl methyl sites for hydroxylation is 2. The number of fused-ring (bicyclic) bond motifs is 1. The molecule has 1 atom stereocenters. The summed E-state index contributed by atoms with van der Waals surface area (Å²) in [7, 11) is 0. The predicted molar refractivity (Wildman–Crippen MR) is 137 cm³/mol. The van der Waals surface area contributed by atoms with Crippen LogP contribution in [0, 0.1) is 12.8 Å². The fourth-order valence-corrected chi connectivity index (χ4v) is 4.73. The van der Waals surface area contributed by atoms with E-state index in [0.29, 0.717) is 5.71 Å². The zero-order valence-electron chi connectivity index (χ0n) is 20.3. The second-order valence-corrected chi connectivity index (χ2v) is 9.47. The monoisotopic (exact) mass is 469 g/mol. The van der Waals surface area contributed by atoms with Gasteiger partial charge in [-0.3, -0.25) is 4.79 Å². The third-order valence-electron chi connectivity index (χ3n) is 6.84. The molecule has 0 spiro atoms. The summed E-state index contributed by atoms with van der Waals surface area (Å²) in [5.41, 5.74) is 4.70. The molecule has 1 fully saturated rings. The Hall–Kier alpha value is -3.74. The van der Waals surface area contributed by atoms with Gasteiger partial charge in [-0.1, -0.05) is 65.3 Å². The summed E-state index contributed by atoms with van der Waals surface area (Å²) in [5.74, 6) is 0.993. The SMILES string of the molecule is Cc1ccc(-c2noc3ncnc(N4CCC(C(=O)N[C@@H](C)CCc5ccccc5)CC4)c23)cc1. The smallest absolute Gasteiger partial charge is 0.263 e. The number of hydrogen-bond donors (Lipinski definition) is 1. The van der Waals surface area contributed by atoms with E-state index in [4.69, 9.17) is 4.52 Å². The molecule has 7 nitrogen and oxygen atoms in total. The number of amides is 1. The first kappa shape index (κ1) is 23.0. The van der Waals surface area contributed by atoms with E-state index in [9.17, 15) is 4.79 Å². The van der Waals surface area contributed by atoms with Gasteiger partial charge in [0.05, 0.1) is 0 Å². The standard InChI is InChI=1S/C28H31N5O2/c1-19-8-12-22(13-9-19)25-24-26(29-18-30-28(24)35-32-25)33-16-14-23(15-17-33)27(34)31-20(2)10-11-21-6-4-3-5-7-21/h3-9,12-13,18,20,23H,10-11,14-17H2,1-2H3,(H,31,34)/t20-/m0/s1. The van der Waals surface area contributed by atoms with Crippen molar-refractivity contribution >= 4 is 22.8 Å². The maximum atomic E-state index is 12.9. The van der Waals surface area contributed by atoms with Gasteiger partial charge in [-0.2, -0.15) is 4.98 Å². The van der Waals surface area contributed by atoms with E-state index in [-0.39, 0.29) is 17.9 Å². The largest absolute Gasteiger partial charge is 0.356 e. The van der Waals surface area contributed by atoms with Gasteiger partial charge in [0.25, 0.3) is 5.71 Å². The molecule has 35 heavy (non-hydrogen) atoms. The topological polar surface area (TPSA) is 84.2 Å². The Bertz CT molecular complexity index is 1280. The molecule has 0 aliphatic carbocycles. The predicted octanol–water partition coefficient (Wildman–Crippen LogP) is 4.95. The van der Waals surface area contributed by atoms with Crippen LogP contribution in [0.25, 0.3) is 22.4 Å². The first-order valence-electron chi connectivity index (χ1n) is 12.3. The van der Waals surface area contributed by atoms with Gasteiger partial charge in [-0.05, 0) is 45.1 Å². The molecule has 1 N–H and O–H groups in total. The molecule has 0 saturated carbocycles. The van der Waals surface area contributed by atoms with Crippen molar-refractivity contribution in [3.05, 3.63) is 72.1 Å². The number of nitrogens with zero attached hydrogens (tertiary/aromatic N) is 4. The number of anilines is 1. The molecule has 0 radical (unpaired) electrons. The van der Waals surface area contributed by atoms with Gasteiger partial charge in [-0.15, -0.1) is 0 Å². The molecule has 1 aliphatic heterocycles. The number of hydrogen-bond acceptors (Lipinski definition) is 6. The molecule has 180 valence electrons. The Kier molecular flexibility index (Phi) is 6.75. The Morgan fingerprint density at radius 3 is 2.57 bits per heavy atom. The third kappa shape index (κ3) is 5.19. The van der Waals surface area contributed by atoms with E-state index in [1.807, 2.05) is 18.2 Å². The van der Waals surface area contributed by atoms with Crippen LogP contribution in [0.4, 0.5) is 5.82 Å². The van der Waals surface area contributed by atoms with Crippen molar-refractivity contribution in [1.29, 1.82) is 0 Å². The Morgan fingerprint density at radius 1 is 1.09 bits per heavy atom. The van der Waals surface area contributed by atoms with Crippen molar-refractivity contribution in [2.45, 2.75) is 45.6 Å². The summed E-state index contributed by atoms with van der Waals surface area (Å²) in [5, 5.41) is 8.35. The molecule has 1 aliphatic rings. The fourth-order valence-electron chi connectivity index (χ4n) is 4.73. The van der Waals surface area contributed by atoms with Crippen LogP contribution in [0.2, 0.25) is 0 Å². The number of rotatable bonds is 7. The van der Waals surface area contributed by atoms with Gasteiger partial charge in [-0.25, -0.2) is 4.98 Å². The molecule has 2 aromatic carbocycles. The normalized spacial score (nSPS) is 15.3. The molecule has 0 unspecified atom stereocenters. The van der Waals surface area contributed by atoms with E-state index in [2.05, 4.69) is 75.6 Å². The highest BCUT2D eigenvalue weighted by atomic mass is 16.5. The fraction of sp³-hybridized carbons (Fsp3) is 0.357. The van der Waals surface area contributed by atoms with E-state index in [1.165, 1.54) is 17.5 Å². The number of benzene rings is 2. The Balaban J connectivity index is 1.22. The van der Waals surface area contributed by atoms with Gasteiger partial charge in [0.2, 0.25) is 5.91 Å². The van der Waals surface area contributed by atoms with Crippen LogP contribution in [-0.2, 0) is 11.2 Å². The van der Waals surface area contributed by atoms with Crippen molar-refractivity contribution in [2.75, 3.05) is 18.0 Å². The van der Waals surface area contributed by atoms with Crippen LogP contribution in [0.1, 0.15) is 37.3 Å². The zero-order chi connectivity index (χ0) is 24.2. The molecule has 3 heterocycles. The molecule has 7 heteroatoms. The number of carbonyl (C=O) groups excluding carboxylic acids is 1. The highest BCUT2D eigenvalue weighted by Crippen LogP contribution is 2.34. The van der Waals surface area contributed by atoms with Crippen LogP contribution < -0.4 is 10.2 Å². The number of carbonyl (C=O) groups is 1. The van der Waals surface area contributed by atoms with Crippen LogP contribution in [0.5, 0.6) is 0 Å². The summed E-state index contributed by atoms with van der Waals surface area (Å²) >= 11 is 0. The van der Waals surface area contributed by atoms with Gasteiger partial charge < -0.3 is 14.7 Å². The highest BCUT2D eigenvalue weighted by molar-refractivity contribution is 5.98. The minimum absolute atomic E-state index is 0.0156. The minimum Gasteiger partial charge on any atom is -0.356 e. The Morgan fingerprint density at radius 2 is 1.83 bits per heavy atom. The van der Waals surface area contributed by atoms with Gasteiger partial charge in [0.15, 0.2) is 0 Å². The first-order chi connectivity index (χ1) is 17.1. The zero-order valence-corrected chi connectivity index (χ0v) is 20.3. The average Bonchev–Trinajstić information content (AvgIpc) is 3.33. The summed E-state index contributed by atoms with van der Waals surface area (Å²) in [4.78, 5) is 24.0. The summed E-state index contributed by atoms with van der Waals surface area (Å²) < 4.78 is 5.53. The summed E-state index contributed by atoms with van der Waals surface area (Å²) in [6.45, 7) is 5.65. The third-order valence-corrected chi connectivity index (χ3v) is 6.84.